The van der Waals surface area contributed by atoms with Gasteiger partial charge in [-0.25, -0.2) is 0 Å². The maximum atomic E-state index is 12.2. The summed E-state index contributed by atoms with van der Waals surface area (Å²) in [6.07, 6.45) is 1.99. The lowest BCUT2D eigenvalue weighted by Crippen LogP contribution is -2.39. The van der Waals surface area contributed by atoms with Crippen LogP contribution in [0.1, 0.15) is 24.2 Å². The summed E-state index contributed by atoms with van der Waals surface area (Å²) in [6, 6.07) is 7.51. The number of benzene rings is 1. The first kappa shape index (κ1) is 16.7. The smallest absolute Gasteiger partial charge is 0.231 e. The highest BCUT2D eigenvalue weighted by Crippen LogP contribution is 2.15. The maximum absolute atomic E-state index is 12.2. The number of thioether (sulfide) groups is 1. The van der Waals surface area contributed by atoms with Gasteiger partial charge in [-0.05, 0) is 24.3 Å². The standard InChI is InChI=1S/C15H22N2O2S/c1-11(2)8-17(10-15(16)19)9-14(18)12-4-6-13(20-3)7-5-12/h4-7,11H,8-10H2,1-3H3,(H2,16,19). The third kappa shape index (κ3) is 5.75. The molecule has 0 aliphatic carbocycles. The van der Waals surface area contributed by atoms with E-state index in [1.165, 1.54) is 0 Å². The molecule has 0 heterocycles. The van der Waals surface area contributed by atoms with Gasteiger partial charge in [0.1, 0.15) is 0 Å². The average molecular weight is 294 g/mol. The molecule has 0 atom stereocenters. The van der Waals surface area contributed by atoms with Crippen molar-refractivity contribution in [2.24, 2.45) is 11.7 Å². The molecule has 5 heteroatoms. The van der Waals surface area contributed by atoms with Gasteiger partial charge in [0.05, 0.1) is 13.1 Å². The van der Waals surface area contributed by atoms with Crippen molar-refractivity contribution in [3.63, 3.8) is 0 Å². The molecule has 0 saturated carbocycles. The number of Topliss-reactive ketones (excluding diaryl/α,β-unsaturated/α-hetero) is 1. The van der Waals surface area contributed by atoms with Crippen molar-refractivity contribution >= 4 is 23.5 Å². The van der Waals surface area contributed by atoms with Gasteiger partial charge in [0, 0.05) is 17.0 Å². The number of carbonyl (C=O) groups is 2. The van der Waals surface area contributed by atoms with Crippen molar-refractivity contribution in [3.05, 3.63) is 29.8 Å². The van der Waals surface area contributed by atoms with E-state index in [4.69, 9.17) is 5.73 Å². The van der Waals surface area contributed by atoms with Crippen LogP contribution in [-0.4, -0.2) is 42.5 Å². The fourth-order valence-corrected chi connectivity index (χ4v) is 2.40. The van der Waals surface area contributed by atoms with Crippen molar-refractivity contribution in [2.45, 2.75) is 18.7 Å². The number of primary amides is 1. The fraction of sp³-hybridized carbons (Fsp3) is 0.467. The summed E-state index contributed by atoms with van der Waals surface area (Å²) in [6.45, 7) is 5.11. The maximum Gasteiger partial charge on any atom is 0.231 e. The third-order valence-electron chi connectivity index (χ3n) is 2.78. The van der Waals surface area contributed by atoms with Gasteiger partial charge in [0.2, 0.25) is 5.91 Å². The minimum absolute atomic E-state index is 0.0135. The Kier molecular flexibility index (Phi) is 6.75. The molecule has 0 unspecified atom stereocenters. The van der Waals surface area contributed by atoms with Gasteiger partial charge in [-0.2, -0.15) is 0 Å². The largest absolute Gasteiger partial charge is 0.369 e. The van der Waals surface area contributed by atoms with Gasteiger partial charge in [0.25, 0.3) is 0 Å². The van der Waals surface area contributed by atoms with Gasteiger partial charge >= 0.3 is 0 Å². The summed E-state index contributed by atoms with van der Waals surface area (Å²) in [7, 11) is 0. The van der Waals surface area contributed by atoms with Gasteiger partial charge in [0.15, 0.2) is 5.78 Å². The highest BCUT2D eigenvalue weighted by Gasteiger charge is 2.15. The quantitative estimate of drug-likeness (QED) is 0.588. The van der Waals surface area contributed by atoms with Crippen LogP contribution in [0.5, 0.6) is 0 Å². The van der Waals surface area contributed by atoms with E-state index in [2.05, 4.69) is 0 Å². The zero-order valence-electron chi connectivity index (χ0n) is 12.3. The summed E-state index contributed by atoms with van der Waals surface area (Å²) in [4.78, 5) is 26.2. The Balaban J connectivity index is 2.70. The van der Waals surface area contributed by atoms with Crippen molar-refractivity contribution in [1.82, 2.24) is 4.90 Å². The van der Waals surface area contributed by atoms with Crippen LogP contribution in [0.4, 0.5) is 0 Å². The van der Waals surface area contributed by atoms with E-state index in [-0.39, 0.29) is 18.9 Å². The van der Waals surface area contributed by atoms with Gasteiger partial charge in [-0.15, -0.1) is 11.8 Å². The molecule has 110 valence electrons. The third-order valence-corrected chi connectivity index (χ3v) is 3.53. The number of ketones is 1. The molecular formula is C15H22N2O2S. The highest BCUT2D eigenvalue weighted by atomic mass is 32.2. The first-order valence-corrected chi connectivity index (χ1v) is 7.82. The molecule has 1 amide bonds. The second-order valence-electron chi connectivity index (χ2n) is 5.18. The Morgan fingerprint density at radius 2 is 1.80 bits per heavy atom. The van der Waals surface area contributed by atoms with Crippen LogP contribution in [0, 0.1) is 5.92 Å². The lowest BCUT2D eigenvalue weighted by molar-refractivity contribution is -0.119. The van der Waals surface area contributed by atoms with Crippen LogP contribution in [0.15, 0.2) is 29.2 Å². The Labute approximate surface area is 124 Å². The molecule has 0 aliphatic heterocycles. The summed E-state index contributed by atoms with van der Waals surface area (Å²) < 4.78 is 0. The molecule has 0 spiro atoms. The Morgan fingerprint density at radius 3 is 2.25 bits per heavy atom. The molecule has 0 radical (unpaired) electrons. The zero-order chi connectivity index (χ0) is 15.1. The molecule has 0 fully saturated rings. The zero-order valence-corrected chi connectivity index (χ0v) is 13.1. The van der Waals surface area contributed by atoms with Crippen LogP contribution < -0.4 is 5.73 Å². The Bertz CT molecular complexity index is 457. The minimum Gasteiger partial charge on any atom is -0.369 e. The van der Waals surface area contributed by atoms with Crippen LogP contribution in [0.25, 0.3) is 0 Å². The number of amides is 1. The van der Waals surface area contributed by atoms with E-state index in [0.29, 0.717) is 18.0 Å². The average Bonchev–Trinajstić information content (AvgIpc) is 2.37. The molecule has 1 rings (SSSR count). The second-order valence-corrected chi connectivity index (χ2v) is 6.06. The molecule has 1 aromatic rings. The van der Waals surface area contributed by atoms with E-state index in [9.17, 15) is 9.59 Å². The van der Waals surface area contributed by atoms with Gasteiger partial charge in [-0.3, -0.25) is 14.5 Å². The lowest BCUT2D eigenvalue weighted by atomic mass is 10.1. The molecule has 20 heavy (non-hydrogen) atoms. The SMILES string of the molecule is CSc1ccc(C(=O)CN(CC(N)=O)CC(C)C)cc1. The van der Waals surface area contributed by atoms with E-state index in [0.717, 1.165) is 4.90 Å². The van der Waals surface area contributed by atoms with Crippen LogP contribution >= 0.6 is 11.8 Å². The molecule has 4 nitrogen and oxygen atoms in total. The van der Waals surface area contributed by atoms with Crippen LogP contribution in [0.2, 0.25) is 0 Å². The molecule has 0 aliphatic rings. The summed E-state index contributed by atoms with van der Waals surface area (Å²) in [5.74, 6) is -0.0169. The molecule has 2 N–H and O–H groups in total. The number of nitrogens with zero attached hydrogens (tertiary/aromatic N) is 1. The summed E-state index contributed by atoms with van der Waals surface area (Å²) in [5, 5.41) is 0. The number of hydrogen-bond acceptors (Lipinski definition) is 4. The Morgan fingerprint density at radius 1 is 1.20 bits per heavy atom. The molecular weight excluding hydrogens is 272 g/mol. The summed E-state index contributed by atoms with van der Waals surface area (Å²) in [5.41, 5.74) is 5.89. The minimum atomic E-state index is -0.406. The van der Waals surface area contributed by atoms with E-state index in [1.807, 2.05) is 44.4 Å². The molecule has 0 bridgehead atoms. The summed E-state index contributed by atoms with van der Waals surface area (Å²) >= 11 is 1.64. The normalized spacial score (nSPS) is 11.1. The monoisotopic (exact) mass is 294 g/mol. The van der Waals surface area contributed by atoms with E-state index >= 15 is 0 Å². The second kappa shape index (κ2) is 8.07. The lowest BCUT2D eigenvalue weighted by Gasteiger charge is -2.21. The predicted octanol–water partition coefficient (Wildman–Crippen LogP) is 2.03. The van der Waals surface area contributed by atoms with Gasteiger partial charge < -0.3 is 5.73 Å². The number of rotatable bonds is 8. The van der Waals surface area contributed by atoms with Crippen LogP contribution in [0.3, 0.4) is 0 Å². The Hall–Kier alpha value is -1.33. The molecule has 0 saturated heterocycles. The van der Waals surface area contributed by atoms with Gasteiger partial charge in [-0.1, -0.05) is 26.0 Å². The number of hydrogen-bond donors (Lipinski definition) is 1. The topological polar surface area (TPSA) is 63.4 Å². The first-order valence-electron chi connectivity index (χ1n) is 6.60. The fourth-order valence-electron chi connectivity index (χ4n) is 1.99. The first-order chi connectivity index (χ1) is 9.42. The van der Waals surface area contributed by atoms with Crippen molar-refractivity contribution in [3.8, 4) is 0 Å². The molecule has 0 aromatic heterocycles. The van der Waals surface area contributed by atoms with Crippen LogP contribution in [-0.2, 0) is 4.79 Å². The van der Waals surface area contributed by atoms with E-state index < -0.39 is 5.91 Å². The van der Waals surface area contributed by atoms with Crippen molar-refractivity contribution in [2.75, 3.05) is 25.9 Å². The number of carbonyl (C=O) groups excluding carboxylic acids is 2. The van der Waals surface area contributed by atoms with E-state index in [1.54, 1.807) is 16.7 Å². The predicted molar refractivity (Wildman–Crippen MR) is 83.0 cm³/mol. The molecule has 1 aromatic carbocycles. The number of nitrogens with two attached hydrogens (primary N) is 1. The highest BCUT2D eigenvalue weighted by molar-refractivity contribution is 7.98. The van der Waals surface area contributed by atoms with Crippen molar-refractivity contribution in [1.29, 1.82) is 0 Å². The van der Waals surface area contributed by atoms with Crippen molar-refractivity contribution < 1.29 is 9.59 Å².